The molecule has 1 saturated heterocycles. The minimum atomic E-state index is -1.04. The summed E-state index contributed by atoms with van der Waals surface area (Å²) in [7, 11) is 0.965. The Morgan fingerprint density at radius 3 is 2.45 bits per heavy atom. The molecule has 0 bridgehead atoms. The van der Waals surface area contributed by atoms with E-state index in [-0.39, 0.29) is 0 Å². The van der Waals surface area contributed by atoms with Crippen molar-refractivity contribution in [3.8, 4) is 5.88 Å². The maximum Gasteiger partial charge on any atom is 0.367 e. The SMILES string of the molecule is C[n+]1ccccc1OCc1ccc([Si]2(C)CCC2)cc1. The Morgan fingerprint density at radius 2 is 1.85 bits per heavy atom. The number of rotatable bonds is 4. The lowest BCUT2D eigenvalue weighted by molar-refractivity contribution is -0.677. The Balaban J connectivity index is 1.65. The lowest BCUT2D eigenvalue weighted by Crippen LogP contribution is -2.50. The van der Waals surface area contributed by atoms with E-state index in [4.69, 9.17) is 4.74 Å². The van der Waals surface area contributed by atoms with Crippen molar-refractivity contribution in [1.82, 2.24) is 0 Å². The lowest BCUT2D eigenvalue weighted by atomic mass is 10.2. The van der Waals surface area contributed by atoms with Crippen LogP contribution in [0.15, 0.2) is 48.7 Å². The van der Waals surface area contributed by atoms with Crippen LogP contribution in [0, 0.1) is 0 Å². The van der Waals surface area contributed by atoms with Crippen molar-refractivity contribution in [3.05, 3.63) is 54.2 Å². The third-order valence-electron chi connectivity index (χ3n) is 4.50. The highest BCUT2D eigenvalue weighted by molar-refractivity contribution is 6.92. The van der Waals surface area contributed by atoms with Crippen molar-refractivity contribution < 1.29 is 9.30 Å². The average Bonchev–Trinajstić information content (AvgIpc) is 2.44. The molecule has 1 aliphatic rings. The first-order valence-electron chi connectivity index (χ1n) is 7.34. The number of aryl methyl sites for hydroxylation is 1. The van der Waals surface area contributed by atoms with Gasteiger partial charge in [-0.25, -0.2) is 0 Å². The topological polar surface area (TPSA) is 13.1 Å². The summed E-state index contributed by atoms with van der Waals surface area (Å²) in [6.07, 6.45) is 3.43. The number of hydrogen-bond donors (Lipinski definition) is 0. The van der Waals surface area contributed by atoms with Gasteiger partial charge in [-0.3, -0.25) is 0 Å². The molecule has 0 aliphatic carbocycles. The van der Waals surface area contributed by atoms with Gasteiger partial charge in [-0.15, -0.1) is 0 Å². The molecule has 0 amide bonds. The predicted octanol–water partition coefficient (Wildman–Crippen LogP) is 2.78. The second-order valence-electron chi connectivity index (χ2n) is 6.05. The number of benzene rings is 1. The van der Waals surface area contributed by atoms with E-state index in [1.165, 1.54) is 24.1 Å². The highest BCUT2D eigenvalue weighted by Crippen LogP contribution is 2.31. The molecule has 0 radical (unpaired) electrons. The molecule has 104 valence electrons. The zero-order valence-corrected chi connectivity index (χ0v) is 13.3. The van der Waals surface area contributed by atoms with E-state index in [2.05, 4.69) is 30.8 Å². The van der Waals surface area contributed by atoms with Gasteiger partial charge in [0, 0.05) is 6.07 Å². The van der Waals surface area contributed by atoms with Crippen LogP contribution in [0.25, 0.3) is 0 Å². The van der Waals surface area contributed by atoms with Gasteiger partial charge >= 0.3 is 5.88 Å². The summed E-state index contributed by atoms with van der Waals surface area (Å²) in [6, 6.07) is 18.0. The summed E-state index contributed by atoms with van der Waals surface area (Å²) >= 11 is 0. The van der Waals surface area contributed by atoms with E-state index in [0.717, 1.165) is 5.88 Å². The second kappa shape index (κ2) is 5.41. The van der Waals surface area contributed by atoms with Gasteiger partial charge < -0.3 is 4.74 Å². The zero-order chi connectivity index (χ0) is 14.0. The first-order chi connectivity index (χ1) is 9.67. The highest BCUT2D eigenvalue weighted by atomic mass is 28.3. The monoisotopic (exact) mass is 284 g/mol. The van der Waals surface area contributed by atoms with Crippen molar-refractivity contribution in [2.75, 3.05) is 0 Å². The van der Waals surface area contributed by atoms with Gasteiger partial charge in [0.1, 0.15) is 13.7 Å². The van der Waals surface area contributed by atoms with Gasteiger partial charge in [0.15, 0.2) is 6.20 Å². The van der Waals surface area contributed by atoms with Crippen molar-refractivity contribution in [1.29, 1.82) is 0 Å². The van der Waals surface area contributed by atoms with E-state index >= 15 is 0 Å². The van der Waals surface area contributed by atoms with Crippen molar-refractivity contribution in [3.63, 3.8) is 0 Å². The fourth-order valence-electron chi connectivity index (χ4n) is 2.81. The molecule has 0 unspecified atom stereocenters. The van der Waals surface area contributed by atoms with Crippen LogP contribution in [0.2, 0.25) is 18.6 Å². The normalized spacial score (nSPS) is 16.5. The molecular formula is C17H22NOSi+. The van der Waals surface area contributed by atoms with Crippen LogP contribution in [0.4, 0.5) is 0 Å². The van der Waals surface area contributed by atoms with Crippen LogP contribution >= 0.6 is 0 Å². The van der Waals surface area contributed by atoms with E-state index < -0.39 is 8.07 Å². The molecule has 0 atom stereocenters. The highest BCUT2D eigenvalue weighted by Gasteiger charge is 2.35. The maximum absolute atomic E-state index is 5.86. The quantitative estimate of drug-likeness (QED) is 0.621. The first-order valence-corrected chi connectivity index (χ1v) is 10.3. The van der Waals surface area contributed by atoms with Crippen LogP contribution in [-0.2, 0) is 13.7 Å². The Hall–Kier alpha value is -1.61. The molecule has 2 heterocycles. The summed E-state index contributed by atoms with van der Waals surface area (Å²) in [5.41, 5.74) is 1.24. The molecular weight excluding hydrogens is 262 g/mol. The van der Waals surface area contributed by atoms with Gasteiger partial charge in [0.05, 0.1) is 14.1 Å². The van der Waals surface area contributed by atoms with Crippen LogP contribution in [0.3, 0.4) is 0 Å². The molecule has 1 aromatic carbocycles. The van der Waals surface area contributed by atoms with Crippen molar-refractivity contribution >= 4 is 13.3 Å². The molecule has 0 spiro atoms. The van der Waals surface area contributed by atoms with Crippen LogP contribution < -0.4 is 14.5 Å². The molecule has 20 heavy (non-hydrogen) atoms. The lowest BCUT2D eigenvalue weighted by Gasteiger charge is -2.36. The number of hydrogen-bond acceptors (Lipinski definition) is 1. The largest absolute Gasteiger partial charge is 0.440 e. The molecule has 0 saturated carbocycles. The van der Waals surface area contributed by atoms with E-state index in [1.54, 1.807) is 5.19 Å². The van der Waals surface area contributed by atoms with Crippen molar-refractivity contribution in [2.24, 2.45) is 7.05 Å². The number of aromatic nitrogens is 1. The number of pyridine rings is 1. The Bertz CT molecular complexity index is 590. The third-order valence-corrected chi connectivity index (χ3v) is 9.14. The van der Waals surface area contributed by atoms with Gasteiger partial charge in [-0.1, -0.05) is 54.5 Å². The summed E-state index contributed by atoms with van der Waals surface area (Å²) in [4.78, 5) is 0. The van der Waals surface area contributed by atoms with E-state index in [1.807, 2.05) is 36.0 Å². The Morgan fingerprint density at radius 1 is 1.10 bits per heavy atom. The second-order valence-corrected chi connectivity index (χ2v) is 10.7. The Labute approximate surface area is 122 Å². The standard InChI is InChI=1S/C17H22NOSi/c1-18-11-4-3-6-17(18)19-14-15-7-9-16(10-8-15)20(2)12-5-13-20/h3-4,6-11H,5,12-14H2,1-2H3/q+1. The van der Waals surface area contributed by atoms with E-state index in [9.17, 15) is 0 Å². The molecule has 1 fully saturated rings. The van der Waals surface area contributed by atoms with E-state index in [0.29, 0.717) is 6.61 Å². The van der Waals surface area contributed by atoms with Gasteiger partial charge in [0.2, 0.25) is 0 Å². The summed E-state index contributed by atoms with van der Waals surface area (Å²) in [5.74, 6) is 0.900. The average molecular weight is 284 g/mol. The van der Waals surface area contributed by atoms with Crippen molar-refractivity contribution in [2.45, 2.75) is 31.7 Å². The van der Waals surface area contributed by atoms with Gasteiger partial charge in [-0.2, -0.15) is 4.57 Å². The Kier molecular flexibility index (Phi) is 3.62. The molecule has 0 N–H and O–H groups in total. The minimum Gasteiger partial charge on any atom is -0.440 e. The minimum absolute atomic E-state index is 0.635. The molecule has 2 nitrogen and oxygen atoms in total. The molecule has 3 heteroatoms. The fourth-order valence-corrected chi connectivity index (χ4v) is 5.78. The maximum atomic E-state index is 5.86. The zero-order valence-electron chi connectivity index (χ0n) is 12.3. The van der Waals surface area contributed by atoms with Gasteiger partial charge in [-0.05, 0) is 11.6 Å². The molecule has 1 aromatic heterocycles. The smallest absolute Gasteiger partial charge is 0.367 e. The number of nitrogens with zero attached hydrogens (tertiary/aromatic N) is 1. The molecule has 1 aliphatic heterocycles. The molecule has 2 aromatic rings. The van der Waals surface area contributed by atoms with Crippen LogP contribution in [-0.4, -0.2) is 8.07 Å². The summed E-state index contributed by atoms with van der Waals surface area (Å²) in [6.45, 7) is 3.14. The first kappa shape index (κ1) is 13.4. The third kappa shape index (κ3) is 2.63. The van der Waals surface area contributed by atoms with Crippen LogP contribution in [0.5, 0.6) is 5.88 Å². The number of ether oxygens (including phenoxy) is 1. The predicted molar refractivity (Wildman–Crippen MR) is 83.9 cm³/mol. The summed E-state index contributed by atoms with van der Waals surface area (Å²) < 4.78 is 7.86. The fraction of sp³-hybridized carbons (Fsp3) is 0.353. The van der Waals surface area contributed by atoms with Crippen LogP contribution in [0.1, 0.15) is 12.0 Å². The van der Waals surface area contributed by atoms with Gasteiger partial charge in [0.25, 0.3) is 0 Å². The molecule has 3 rings (SSSR count). The summed E-state index contributed by atoms with van der Waals surface area (Å²) in [5, 5.41) is 1.61.